The molecule has 0 saturated heterocycles. The van der Waals surface area contributed by atoms with E-state index in [2.05, 4.69) is 16.0 Å². The van der Waals surface area contributed by atoms with Crippen LogP contribution in [-0.2, 0) is 25.5 Å². The minimum absolute atomic E-state index is 0.164. The van der Waals surface area contributed by atoms with Gasteiger partial charge in [-0.2, -0.15) is 0 Å². The maximum atomic E-state index is 12.6. The Morgan fingerprint density at radius 1 is 0.886 bits per heavy atom. The second kappa shape index (κ2) is 15.4. The van der Waals surface area contributed by atoms with E-state index in [4.69, 9.17) is 10.8 Å². The first-order valence-electron chi connectivity index (χ1n) is 15.0. The van der Waals surface area contributed by atoms with Crippen molar-refractivity contribution >= 4 is 41.1 Å². The lowest BCUT2D eigenvalue weighted by Gasteiger charge is -2.25. The molecule has 3 N–H and O–H groups in total. The molecule has 0 fully saturated rings. The normalized spacial score (nSPS) is 18.2. The predicted octanol–water partition coefficient (Wildman–Crippen LogP) is 5.04. The summed E-state index contributed by atoms with van der Waals surface area (Å²) in [6.07, 6.45) is 0.138. The van der Waals surface area contributed by atoms with Gasteiger partial charge in [-0.25, -0.2) is 9.59 Å². The summed E-state index contributed by atoms with van der Waals surface area (Å²) < 4.78 is 25.9. The second-order valence-electron chi connectivity index (χ2n) is 12.3. The Labute approximate surface area is 260 Å². The summed E-state index contributed by atoms with van der Waals surface area (Å²) in [6.45, 7) is 11.1. The van der Waals surface area contributed by atoms with E-state index < -0.39 is 42.6 Å². The molecule has 0 radical (unpaired) electrons. The number of fused-ring (bicyclic) bond motifs is 2. The fourth-order valence-corrected chi connectivity index (χ4v) is 4.53. The number of ether oxygens (including phenoxy) is 2. The van der Waals surface area contributed by atoms with Gasteiger partial charge in [-0.05, 0) is 78.1 Å². The number of aryl methyl sites for hydroxylation is 1. The number of likely N-dealkylation sites (N-methyl/N-ethyl adjacent to an activating group) is 2. The molecule has 0 saturated carbocycles. The number of carbonyl (C=O) groups is 4. The molecule has 4 rings (SSSR count). The molecule has 0 spiro atoms. The number of carbonyl (C=O) groups excluding carboxylic acids is 4. The van der Waals surface area contributed by atoms with Gasteiger partial charge in [0.2, 0.25) is 5.91 Å². The molecule has 12 heteroatoms. The topological polar surface area (TPSA) is 129 Å². The average Bonchev–Trinajstić information content (AvgIpc) is 3.13. The minimum atomic E-state index is -1.00. The fourth-order valence-electron chi connectivity index (χ4n) is 4.53. The predicted molar refractivity (Wildman–Crippen MR) is 170 cm³/mol. The van der Waals surface area contributed by atoms with Gasteiger partial charge in [-0.15, -0.1) is 0 Å². The molecule has 0 aromatic heterocycles. The van der Waals surface area contributed by atoms with Crippen molar-refractivity contribution in [3.8, 4) is 0 Å². The number of halogens is 1. The van der Waals surface area contributed by atoms with Crippen molar-refractivity contribution in [2.75, 3.05) is 42.9 Å². The molecule has 0 unspecified atom stereocenters. The van der Waals surface area contributed by atoms with Gasteiger partial charge < -0.3 is 35.2 Å². The van der Waals surface area contributed by atoms with Crippen molar-refractivity contribution in [1.82, 2.24) is 10.6 Å². The molecule has 0 bridgehead atoms. The van der Waals surface area contributed by atoms with E-state index in [1.54, 1.807) is 53.5 Å². The van der Waals surface area contributed by atoms with Crippen LogP contribution in [0.15, 0.2) is 48.5 Å². The van der Waals surface area contributed by atoms with Gasteiger partial charge in [0.05, 0.1) is 19.9 Å². The second-order valence-corrected chi connectivity index (χ2v) is 12.3. The van der Waals surface area contributed by atoms with E-state index in [1.165, 1.54) is 0 Å². The minimum Gasteiger partial charge on any atom is -0.444 e. The summed E-state index contributed by atoms with van der Waals surface area (Å²) in [4.78, 5) is 51.9. The molecule has 11 nitrogen and oxygen atoms in total. The molecule has 2 aromatic rings. The maximum Gasteiger partial charge on any atom is 0.408 e. The van der Waals surface area contributed by atoms with Gasteiger partial charge in [-0.1, -0.05) is 30.3 Å². The zero-order chi connectivity index (χ0) is 33.9. The first-order valence-corrected chi connectivity index (χ1v) is 14.3. The molecule has 2 aromatic carbocycles. The number of alkyl carbamates (subject to hydrolysis) is 2. The van der Waals surface area contributed by atoms with Gasteiger partial charge >= 0.3 is 12.2 Å². The Kier molecular flexibility index (Phi) is 11.9. The highest BCUT2D eigenvalue weighted by Crippen LogP contribution is 2.30. The number of amides is 4. The third-order valence-electron chi connectivity index (χ3n) is 6.42. The molecular weight excluding hydrogens is 569 g/mol. The lowest BCUT2D eigenvalue weighted by Crippen LogP contribution is -2.51. The van der Waals surface area contributed by atoms with Crippen molar-refractivity contribution in [3.63, 3.8) is 0 Å². The van der Waals surface area contributed by atoms with Crippen LogP contribution in [0.3, 0.4) is 0 Å². The largest absolute Gasteiger partial charge is 0.444 e. The average molecular weight is 617 g/mol. The van der Waals surface area contributed by atoms with Crippen LogP contribution in [0, 0.1) is 0 Å². The number of anilines is 3. The van der Waals surface area contributed by atoms with E-state index in [9.17, 15) is 23.6 Å². The lowest BCUT2D eigenvalue weighted by molar-refractivity contribution is -0.120. The summed E-state index contributed by atoms with van der Waals surface area (Å²) in [7, 11) is 2.61. The number of rotatable bonds is 2. The molecule has 242 valence electrons. The summed E-state index contributed by atoms with van der Waals surface area (Å²) >= 11 is 0. The Morgan fingerprint density at radius 3 is 1.95 bits per heavy atom. The first kappa shape index (κ1) is 34.1. The highest BCUT2D eigenvalue weighted by molar-refractivity contribution is 6.02. The van der Waals surface area contributed by atoms with Crippen LogP contribution < -0.4 is 25.8 Å². The Morgan fingerprint density at radius 2 is 1.39 bits per heavy atom. The quantitative estimate of drug-likeness (QED) is 0.431. The summed E-state index contributed by atoms with van der Waals surface area (Å²) in [6, 6.07) is 14.1. The lowest BCUT2D eigenvalue weighted by atomic mass is 10.1. The van der Waals surface area contributed by atoms with Crippen molar-refractivity contribution < 1.29 is 34.4 Å². The molecule has 2 aliphatic heterocycles. The Balaban J connectivity index is 0.000000289. The molecule has 44 heavy (non-hydrogen) atoms. The van der Waals surface area contributed by atoms with Crippen LogP contribution in [0.25, 0.3) is 0 Å². The third-order valence-corrected chi connectivity index (χ3v) is 6.42. The van der Waals surface area contributed by atoms with Gasteiger partial charge in [0.1, 0.15) is 23.3 Å². The number of para-hydroxylation sites is 3. The van der Waals surface area contributed by atoms with Crippen LogP contribution in [0.2, 0.25) is 0 Å². The summed E-state index contributed by atoms with van der Waals surface area (Å²) in [5, 5.41) is 8.13. The van der Waals surface area contributed by atoms with E-state index >= 15 is 0 Å². The van der Waals surface area contributed by atoms with Crippen LogP contribution in [0.1, 0.15) is 54.9 Å². The van der Waals surface area contributed by atoms with Crippen molar-refractivity contribution in [3.05, 3.63) is 54.1 Å². The van der Waals surface area contributed by atoms with E-state index in [0.29, 0.717) is 13.0 Å². The Hall–Kier alpha value is -4.35. The molecule has 4 amide bonds. The number of nitrogens with zero attached hydrogens (tertiary/aromatic N) is 2. The van der Waals surface area contributed by atoms with E-state index in [1.807, 2.05) is 60.5 Å². The molecular formula is C32H46FN5O6. The van der Waals surface area contributed by atoms with Crippen LogP contribution in [0.5, 0.6) is 0 Å². The summed E-state index contributed by atoms with van der Waals surface area (Å²) in [5.41, 5.74) is 2.49. The first-order chi connectivity index (χ1) is 21.0. The van der Waals surface area contributed by atoms with Gasteiger partial charge in [0, 0.05) is 26.3 Å². The van der Waals surface area contributed by atoms with E-state index in [-0.39, 0.29) is 11.8 Å². The van der Waals surface area contributed by atoms with Crippen molar-refractivity contribution in [1.29, 1.82) is 0 Å². The number of hydrogen-bond donors (Lipinski definition) is 3. The zero-order valence-corrected chi connectivity index (χ0v) is 26.8. The third kappa shape index (κ3) is 10.7. The zero-order valence-electron chi connectivity index (χ0n) is 27.8. The van der Waals surface area contributed by atoms with Gasteiger partial charge in [0.25, 0.3) is 5.91 Å². The SMILES string of the molecule is CC(C)(C)OC(=O)N[C@H]1CCc2ccccc2NC1=O.CN1C[C@H](NC(=O)OC(C)(C)C)C(=O)N(C)c2ccccc21.[2H]CF. The number of alkyl halides is 1. The maximum absolute atomic E-state index is 12.6. The number of hydrogen-bond acceptors (Lipinski definition) is 7. The molecule has 2 atom stereocenters. The van der Waals surface area contributed by atoms with Crippen LogP contribution in [0.4, 0.5) is 31.0 Å². The number of benzene rings is 2. The fraction of sp³-hybridized carbons (Fsp3) is 0.500. The van der Waals surface area contributed by atoms with Crippen molar-refractivity contribution in [2.45, 2.75) is 77.7 Å². The standard InChI is InChI=1S/C16H23N3O3.C15H20N2O3.CH3F/c1-16(2,3)22-15(21)17-11-10-18(4)12-8-6-7-9-13(12)19(5)14(11)20;1-15(2,3)20-14(19)17-12-9-8-10-6-4-5-7-11(10)16-13(12)18;1-2/h6-9,11H,10H2,1-5H3,(H,17,21);4-7,12H,8-9H2,1-3H3,(H,16,18)(H,17,19);1H3/t11-;12-;/m00./s1/i;;1D. The highest BCUT2D eigenvalue weighted by atomic mass is 19.1. The van der Waals surface area contributed by atoms with E-state index in [0.717, 1.165) is 29.0 Å². The monoisotopic (exact) mass is 616 g/mol. The Bertz CT molecular complexity index is 1330. The smallest absolute Gasteiger partial charge is 0.408 e. The van der Waals surface area contributed by atoms with Gasteiger partial charge in [-0.3, -0.25) is 14.0 Å². The van der Waals surface area contributed by atoms with Crippen LogP contribution >= 0.6 is 0 Å². The molecule has 2 heterocycles. The summed E-state index contributed by atoms with van der Waals surface area (Å²) in [5.74, 6) is -0.372. The van der Waals surface area contributed by atoms with Crippen LogP contribution in [-0.4, -0.2) is 75.1 Å². The molecule has 2 aliphatic rings. The van der Waals surface area contributed by atoms with Gasteiger partial charge in [0.15, 0.2) is 0 Å². The molecule has 0 aliphatic carbocycles. The van der Waals surface area contributed by atoms with Crippen molar-refractivity contribution in [2.24, 2.45) is 0 Å². The number of nitrogens with one attached hydrogen (secondary N) is 3. The highest BCUT2D eigenvalue weighted by Gasteiger charge is 2.32.